The van der Waals surface area contributed by atoms with Gasteiger partial charge in [-0.25, -0.2) is 4.98 Å². The molecule has 2 aromatic heterocycles. The minimum atomic E-state index is -4.52. The molecule has 0 saturated carbocycles. The minimum absolute atomic E-state index is 0.150. The van der Waals surface area contributed by atoms with Crippen molar-refractivity contribution in [2.45, 2.75) is 17.1 Å². The summed E-state index contributed by atoms with van der Waals surface area (Å²) in [4.78, 5) is 4.13. The van der Waals surface area contributed by atoms with Gasteiger partial charge in [0.2, 0.25) is 11.7 Å². The highest BCUT2D eigenvalue weighted by Gasteiger charge is 2.37. The summed E-state index contributed by atoms with van der Waals surface area (Å²) in [5, 5.41) is 6.87. The van der Waals surface area contributed by atoms with E-state index in [1.165, 1.54) is 7.05 Å². The first-order valence-electron chi connectivity index (χ1n) is 6.54. The van der Waals surface area contributed by atoms with Crippen LogP contribution in [0.4, 0.5) is 13.2 Å². The van der Waals surface area contributed by atoms with Crippen LogP contribution in [0.15, 0.2) is 46.1 Å². The van der Waals surface area contributed by atoms with Gasteiger partial charge >= 0.3 is 6.18 Å². The zero-order valence-electron chi connectivity index (χ0n) is 11.9. The third kappa shape index (κ3) is 3.39. The van der Waals surface area contributed by atoms with Gasteiger partial charge in [-0.1, -0.05) is 42.1 Å². The van der Waals surface area contributed by atoms with Gasteiger partial charge in [-0.3, -0.25) is 0 Å². The van der Waals surface area contributed by atoms with Gasteiger partial charge in [0, 0.05) is 12.6 Å². The van der Waals surface area contributed by atoms with Crippen LogP contribution in [0.5, 0.6) is 0 Å². The predicted octanol–water partition coefficient (Wildman–Crippen LogP) is 3.78. The third-order valence-electron chi connectivity index (χ3n) is 3.03. The van der Waals surface area contributed by atoms with Crippen LogP contribution in [0, 0.1) is 0 Å². The molecular formula is C14H11F3N4OS. The summed E-state index contributed by atoms with van der Waals surface area (Å²) >= 11 is 1.08. The quantitative estimate of drug-likeness (QED) is 0.677. The van der Waals surface area contributed by atoms with E-state index >= 15 is 0 Å². The molecule has 0 atom stereocenters. The Hall–Kier alpha value is -2.29. The van der Waals surface area contributed by atoms with Crippen molar-refractivity contribution in [3.05, 3.63) is 48.2 Å². The van der Waals surface area contributed by atoms with E-state index in [2.05, 4.69) is 15.2 Å². The largest absolute Gasteiger partial charge is 0.451 e. The van der Waals surface area contributed by atoms with Gasteiger partial charge in [-0.15, -0.1) is 10.2 Å². The van der Waals surface area contributed by atoms with E-state index < -0.39 is 12.0 Å². The smallest absolute Gasteiger partial charge is 0.440 e. The number of nitrogens with zero attached hydrogens (tertiary/aromatic N) is 4. The Balaban J connectivity index is 1.70. The highest BCUT2D eigenvalue weighted by molar-refractivity contribution is 7.98. The first-order chi connectivity index (χ1) is 10.9. The van der Waals surface area contributed by atoms with Crippen LogP contribution in [-0.4, -0.2) is 19.7 Å². The zero-order chi connectivity index (χ0) is 16.4. The molecule has 0 amide bonds. The monoisotopic (exact) mass is 340 g/mol. The average Bonchev–Trinajstić information content (AvgIpc) is 3.12. The number of alkyl halides is 3. The SMILES string of the molecule is Cn1c(SCc2ncc(-c3ccccc3)o2)nnc1C(F)(F)F. The first kappa shape index (κ1) is 15.6. The Morgan fingerprint density at radius 2 is 1.91 bits per heavy atom. The summed E-state index contributed by atoms with van der Waals surface area (Å²) in [5.74, 6) is 0.245. The molecule has 0 aliphatic rings. The molecule has 23 heavy (non-hydrogen) atoms. The molecule has 0 unspecified atom stereocenters. The van der Waals surface area contributed by atoms with E-state index in [4.69, 9.17) is 4.42 Å². The van der Waals surface area contributed by atoms with Crippen LogP contribution < -0.4 is 0 Å². The molecule has 3 aromatic rings. The molecule has 0 saturated heterocycles. The zero-order valence-corrected chi connectivity index (χ0v) is 12.7. The van der Waals surface area contributed by atoms with Crippen LogP contribution in [0.3, 0.4) is 0 Å². The Labute approximate surface area is 133 Å². The number of benzene rings is 1. The maximum atomic E-state index is 12.7. The lowest BCUT2D eigenvalue weighted by molar-refractivity contribution is -0.147. The van der Waals surface area contributed by atoms with Gasteiger partial charge in [0.15, 0.2) is 10.9 Å². The number of aromatic nitrogens is 4. The van der Waals surface area contributed by atoms with E-state index in [1.54, 1.807) is 6.20 Å². The molecule has 2 heterocycles. The van der Waals surface area contributed by atoms with Crippen molar-refractivity contribution < 1.29 is 17.6 Å². The standard InChI is InChI=1S/C14H11F3N4OS/c1-21-12(14(15,16)17)19-20-13(21)23-8-11-18-7-10(22-11)9-5-3-2-4-6-9/h2-7H,8H2,1H3. The lowest BCUT2D eigenvalue weighted by Crippen LogP contribution is -2.12. The summed E-state index contributed by atoms with van der Waals surface area (Å²) < 4.78 is 44.5. The van der Waals surface area contributed by atoms with Crippen LogP contribution in [0.1, 0.15) is 11.7 Å². The molecule has 0 N–H and O–H groups in total. The molecule has 1 aromatic carbocycles. The number of rotatable bonds is 4. The van der Waals surface area contributed by atoms with E-state index in [1.807, 2.05) is 30.3 Å². The Morgan fingerprint density at radius 3 is 2.57 bits per heavy atom. The Bertz CT molecular complexity index is 798. The number of halogens is 3. The van der Waals surface area contributed by atoms with Crippen molar-refractivity contribution >= 4 is 11.8 Å². The van der Waals surface area contributed by atoms with Crippen LogP contribution in [0.25, 0.3) is 11.3 Å². The van der Waals surface area contributed by atoms with E-state index in [0.717, 1.165) is 21.9 Å². The molecule has 5 nitrogen and oxygen atoms in total. The second-order valence-corrected chi connectivity index (χ2v) is 5.58. The van der Waals surface area contributed by atoms with Gasteiger partial charge in [0.1, 0.15) is 0 Å². The van der Waals surface area contributed by atoms with Gasteiger partial charge < -0.3 is 8.98 Å². The lowest BCUT2D eigenvalue weighted by Gasteiger charge is -2.05. The number of thioether (sulfide) groups is 1. The average molecular weight is 340 g/mol. The van der Waals surface area contributed by atoms with Crippen molar-refractivity contribution in [1.82, 2.24) is 19.7 Å². The van der Waals surface area contributed by atoms with Gasteiger partial charge in [0.05, 0.1) is 11.9 Å². The topological polar surface area (TPSA) is 56.7 Å². The van der Waals surface area contributed by atoms with Crippen molar-refractivity contribution in [3.8, 4) is 11.3 Å². The van der Waals surface area contributed by atoms with Crippen LogP contribution in [0.2, 0.25) is 0 Å². The molecule has 0 radical (unpaired) electrons. The first-order valence-corrected chi connectivity index (χ1v) is 7.53. The van der Waals surface area contributed by atoms with E-state index in [9.17, 15) is 13.2 Å². The van der Waals surface area contributed by atoms with Crippen molar-refractivity contribution in [1.29, 1.82) is 0 Å². The summed E-state index contributed by atoms with van der Waals surface area (Å²) in [6.45, 7) is 0. The highest BCUT2D eigenvalue weighted by Crippen LogP contribution is 2.30. The van der Waals surface area contributed by atoms with Gasteiger partial charge in [-0.05, 0) is 0 Å². The molecule has 0 aliphatic heterocycles. The van der Waals surface area contributed by atoms with Gasteiger partial charge in [-0.2, -0.15) is 13.2 Å². The molecular weight excluding hydrogens is 329 g/mol. The lowest BCUT2D eigenvalue weighted by atomic mass is 10.2. The summed E-state index contributed by atoms with van der Waals surface area (Å²) in [7, 11) is 1.27. The summed E-state index contributed by atoms with van der Waals surface area (Å²) in [6.07, 6.45) is -2.94. The van der Waals surface area contributed by atoms with E-state index in [-0.39, 0.29) is 10.9 Å². The van der Waals surface area contributed by atoms with E-state index in [0.29, 0.717) is 11.7 Å². The molecule has 120 valence electrons. The van der Waals surface area contributed by atoms with Gasteiger partial charge in [0.25, 0.3) is 0 Å². The maximum Gasteiger partial charge on any atom is 0.451 e. The molecule has 0 fully saturated rings. The Kier molecular flexibility index (Phi) is 4.12. The van der Waals surface area contributed by atoms with Crippen LogP contribution >= 0.6 is 11.8 Å². The number of oxazole rings is 1. The number of hydrogen-bond acceptors (Lipinski definition) is 5. The number of hydrogen-bond donors (Lipinski definition) is 0. The van der Waals surface area contributed by atoms with Crippen molar-refractivity contribution in [3.63, 3.8) is 0 Å². The third-order valence-corrected chi connectivity index (χ3v) is 4.03. The molecule has 9 heteroatoms. The summed E-state index contributed by atoms with van der Waals surface area (Å²) in [6, 6.07) is 9.42. The molecule has 3 rings (SSSR count). The molecule has 0 spiro atoms. The molecule has 0 aliphatic carbocycles. The summed E-state index contributed by atoms with van der Waals surface area (Å²) in [5.41, 5.74) is 0.884. The highest BCUT2D eigenvalue weighted by atomic mass is 32.2. The van der Waals surface area contributed by atoms with Crippen molar-refractivity contribution in [2.75, 3.05) is 0 Å². The second-order valence-electron chi connectivity index (χ2n) is 4.64. The maximum absolute atomic E-state index is 12.7. The molecule has 0 bridgehead atoms. The fourth-order valence-corrected chi connectivity index (χ4v) is 2.69. The minimum Gasteiger partial charge on any atom is -0.440 e. The van der Waals surface area contributed by atoms with Crippen LogP contribution in [-0.2, 0) is 19.0 Å². The normalized spacial score (nSPS) is 11.8. The fourth-order valence-electron chi connectivity index (χ4n) is 1.93. The van der Waals surface area contributed by atoms with Crippen molar-refractivity contribution in [2.24, 2.45) is 7.05 Å². The second kappa shape index (κ2) is 6.07. The Morgan fingerprint density at radius 1 is 1.17 bits per heavy atom. The predicted molar refractivity (Wildman–Crippen MR) is 77.5 cm³/mol. The fraction of sp³-hybridized carbons (Fsp3) is 0.214.